The van der Waals surface area contributed by atoms with Gasteiger partial charge >= 0.3 is 17.1 Å². The summed E-state index contributed by atoms with van der Waals surface area (Å²) in [7, 11) is -8.28. The van der Waals surface area contributed by atoms with Crippen LogP contribution >= 0.6 is 0 Å². The molecule has 0 aromatic rings. The molecule has 26 heavy (non-hydrogen) atoms. The molecule has 1 saturated heterocycles. The van der Waals surface area contributed by atoms with Crippen LogP contribution in [-0.2, 0) is 26.6 Å². The van der Waals surface area contributed by atoms with Crippen LogP contribution < -0.4 is 0 Å². The Hall–Kier alpha value is 0.628. The predicted octanol–water partition coefficient (Wildman–Crippen LogP) is 4.19. The zero-order valence-corrected chi connectivity index (χ0v) is 22.6. The molecule has 1 fully saturated rings. The van der Waals surface area contributed by atoms with Crippen LogP contribution in [0.4, 0.5) is 0 Å². The molecular formula is C16H40O6Si4. The second kappa shape index (κ2) is 8.55. The monoisotopic (exact) mass is 440 g/mol. The van der Waals surface area contributed by atoms with E-state index in [0.29, 0.717) is 19.4 Å². The molecule has 1 aliphatic heterocycles. The van der Waals surface area contributed by atoms with Gasteiger partial charge < -0.3 is 26.6 Å². The molecule has 1 heterocycles. The minimum atomic E-state index is -2.53. The third-order valence-electron chi connectivity index (χ3n) is 3.27. The third kappa shape index (κ3) is 10.2. The van der Waals surface area contributed by atoms with E-state index in [4.69, 9.17) is 26.6 Å². The minimum Gasteiger partial charge on any atom is -0.437 e. The summed E-state index contributed by atoms with van der Waals surface area (Å²) in [6.45, 7) is 24.4. The van der Waals surface area contributed by atoms with Crippen molar-refractivity contribution in [1.29, 1.82) is 0 Å². The van der Waals surface area contributed by atoms with Crippen LogP contribution in [0.15, 0.2) is 0 Å². The lowest BCUT2D eigenvalue weighted by Gasteiger charge is -2.41. The quantitative estimate of drug-likeness (QED) is 0.475. The topological polar surface area (TPSA) is 55.4 Å². The summed E-state index contributed by atoms with van der Waals surface area (Å²) in [4.78, 5) is 0. The van der Waals surface area contributed by atoms with Gasteiger partial charge in [0.05, 0.1) is 19.4 Å². The smallest absolute Gasteiger partial charge is 0.342 e. The van der Waals surface area contributed by atoms with E-state index < -0.39 is 39.5 Å². The summed E-state index contributed by atoms with van der Waals surface area (Å²) in [6, 6.07) is 0. The molecule has 0 aliphatic carbocycles. The fraction of sp³-hybridized carbons (Fsp3) is 1.00. The first-order chi connectivity index (χ1) is 11.4. The van der Waals surface area contributed by atoms with Crippen molar-refractivity contribution < 1.29 is 26.6 Å². The Kier molecular flexibility index (Phi) is 8.11. The van der Waals surface area contributed by atoms with E-state index in [0.717, 1.165) is 0 Å². The molecule has 0 N–H and O–H groups in total. The van der Waals surface area contributed by atoms with Gasteiger partial charge in [0.15, 0.2) is 22.4 Å². The molecule has 10 heteroatoms. The number of hydrogen-bond acceptors (Lipinski definition) is 6. The van der Waals surface area contributed by atoms with Crippen molar-refractivity contribution in [2.24, 2.45) is 0 Å². The molecular weight excluding hydrogens is 401 g/mol. The summed E-state index contributed by atoms with van der Waals surface area (Å²) in [5.41, 5.74) is 0. The predicted molar refractivity (Wildman–Crippen MR) is 115 cm³/mol. The number of ether oxygens (including phenoxy) is 3. The maximum Gasteiger partial charge on any atom is 0.342 e. The highest BCUT2D eigenvalue weighted by Gasteiger charge is 2.45. The lowest BCUT2D eigenvalue weighted by molar-refractivity contribution is -0.144. The molecule has 2 atom stereocenters. The van der Waals surface area contributed by atoms with E-state index >= 15 is 0 Å². The zero-order chi connectivity index (χ0) is 20.4. The molecule has 2 unspecified atom stereocenters. The first-order valence-electron chi connectivity index (χ1n) is 9.40. The van der Waals surface area contributed by atoms with Gasteiger partial charge in [-0.2, -0.15) is 0 Å². The van der Waals surface area contributed by atoms with E-state index in [9.17, 15) is 0 Å². The highest BCUT2D eigenvalue weighted by molar-refractivity contribution is 6.89. The van der Waals surface area contributed by atoms with Crippen molar-refractivity contribution in [1.82, 2.24) is 0 Å². The van der Waals surface area contributed by atoms with Gasteiger partial charge in [0.1, 0.15) is 6.10 Å². The van der Waals surface area contributed by atoms with Crippen LogP contribution in [0.5, 0.6) is 0 Å². The molecule has 6 nitrogen and oxygen atoms in total. The summed E-state index contributed by atoms with van der Waals surface area (Å²) < 4.78 is 36.9. The van der Waals surface area contributed by atoms with E-state index in [-0.39, 0.29) is 6.10 Å². The first-order valence-corrected chi connectivity index (χ1v) is 21.6. The molecule has 0 saturated carbocycles. The van der Waals surface area contributed by atoms with Gasteiger partial charge in [0.2, 0.25) is 0 Å². The van der Waals surface area contributed by atoms with Crippen molar-refractivity contribution in [2.75, 3.05) is 19.4 Å². The molecule has 0 spiro atoms. The highest BCUT2D eigenvalue weighted by atomic mass is 28.5. The van der Waals surface area contributed by atoms with Gasteiger partial charge in [-0.25, -0.2) is 0 Å². The molecule has 1 aliphatic rings. The number of hydrogen-bond donors (Lipinski definition) is 0. The van der Waals surface area contributed by atoms with Gasteiger partial charge in [-0.3, -0.25) is 0 Å². The van der Waals surface area contributed by atoms with Gasteiger partial charge in [0.25, 0.3) is 0 Å². The Labute approximate surface area is 164 Å². The van der Waals surface area contributed by atoms with Crippen molar-refractivity contribution in [3.05, 3.63) is 0 Å². The van der Waals surface area contributed by atoms with Crippen molar-refractivity contribution >= 4 is 33.8 Å². The molecule has 1 rings (SSSR count). The zero-order valence-electron chi connectivity index (χ0n) is 18.6. The molecule has 156 valence electrons. The minimum absolute atomic E-state index is 0.0429. The fourth-order valence-corrected chi connectivity index (χ4v) is 20.5. The van der Waals surface area contributed by atoms with E-state index in [1.807, 2.05) is 13.8 Å². The third-order valence-corrected chi connectivity index (χ3v) is 16.3. The van der Waals surface area contributed by atoms with Crippen LogP contribution in [0, 0.1) is 0 Å². The molecule has 0 aromatic carbocycles. The maximum atomic E-state index is 6.59. The van der Waals surface area contributed by atoms with Crippen LogP contribution in [-0.4, -0.2) is 65.1 Å². The van der Waals surface area contributed by atoms with E-state index in [1.165, 1.54) is 0 Å². The Balaban J connectivity index is 2.70. The van der Waals surface area contributed by atoms with Crippen LogP contribution in [0.2, 0.25) is 58.9 Å². The Morgan fingerprint density at radius 3 is 1.81 bits per heavy atom. The average Bonchev–Trinajstić information content (AvgIpc) is 2.61. The second-order valence-electron chi connectivity index (χ2n) is 10.0. The second-order valence-corrected chi connectivity index (χ2v) is 26.3. The average molecular weight is 441 g/mol. The largest absolute Gasteiger partial charge is 0.437 e. The summed E-state index contributed by atoms with van der Waals surface area (Å²) in [6.07, 6.45) is 0.432. The molecule has 0 bridgehead atoms. The highest BCUT2D eigenvalue weighted by Crippen LogP contribution is 2.25. The molecule has 0 amide bonds. The van der Waals surface area contributed by atoms with Gasteiger partial charge in [-0.1, -0.05) is 0 Å². The SMILES string of the molecule is CC1(C)OCC(COC[Si](C)(O[Si](C)(C)C)O[Si](C)(C)O[Si](C)(C)C)O1. The standard InChI is InChI=1S/C16H40O6Si4/c1-16(2)18-13-15(19-16)12-17-14-26(11,21-24(6,7)8)22-25(9,10)20-23(3,4)5/h15H,12-14H2,1-11H3. The summed E-state index contributed by atoms with van der Waals surface area (Å²) >= 11 is 0. The Morgan fingerprint density at radius 2 is 1.38 bits per heavy atom. The maximum absolute atomic E-state index is 6.59. The lowest BCUT2D eigenvalue weighted by Crippen LogP contribution is -2.59. The van der Waals surface area contributed by atoms with Crippen molar-refractivity contribution in [3.8, 4) is 0 Å². The van der Waals surface area contributed by atoms with Crippen molar-refractivity contribution in [3.63, 3.8) is 0 Å². The number of rotatable bonds is 10. The normalized spacial score (nSPS) is 23.9. The summed E-state index contributed by atoms with van der Waals surface area (Å²) in [5, 5.41) is 0. The van der Waals surface area contributed by atoms with Gasteiger partial charge in [-0.15, -0.1) is 0 Å². The Morgan fingerprint density at radius 1 is 0.846 bits per heavy atom. The van der Waals surface area contributed by atoms with Crippen molar-refractivity contribution in [2.45, 2.75) is 84.7 Å². The fourth-order valence-electron chi connectivity index (χ4n) is 3.23. The summed E-state index contributed by atoms with van der Waals surface area (Å²) in [5.74, 6) is -0.528. The van der Waals surface area contributed by atoms with E-state index in [2.05, 4.69) is 58.9 Å². The first kappa shape index (κ1) is 24.7. The van der Waals surface area contributed by atoms with Crippen LogP contribution in [0.3, 0.4) is 0 Å². The molecule has 0 radical (unpaired) electrons. The molecule has 0 aromatic heterocycles. The van der Waals surface area contributed by atoms with Crippen LogP contribution in [0.25, 0.3) is 0 Å². The van der Waals surface area contributed by atoms with Gasteiger partial charge in [0, 0.05) is 0 Å². The Bertz CT molecular complexity index is 461. The van der Waals surface area contributed by atoms with Crippen LogP contribution in [0.1, 0.15) is 13.8 Å². The van der Waals surface area contributed by atoms with Gasteiger partial charge in [-0.05, 0) is 72.8 Å². The lowest BCUT2D eigenvalue weighted by atomic mass is 10.4. The van der Waals surface area contributed by atoms with E-state index in [1.54, 1.807) is 0 Å².